The van der Waals surface area contributed by atoms with Gasteiger partial charge in [0.2, 0.25) is 0 Å². The van der Waals surface area contributed by atoms with Gasteiger partial charge < -0.3 is 28.5 Å². The number of aliphatic hydroxyl groups excluding tert-OH is 1. The lowest BCUT2D eigenvalue weighted by Crippen LogP contribution is -2.44. The summed E-state index contributed by atoms with van der Waals surface area (Å²) >= 11 is 0. The topological polar surface area (TPSA) is 77.4 Å². The molecule has 0 fully saturated rings. The van der Waals surface area contributed by atoms with Crippen LogP contribution in [-0.4, -0.2) is 47.7 Å². The molecule has 0 aliphatic carbocycles. The predicted octanol–water partition coefficient (Wildman–Crippen LogP) is 7.97. The quantitative estimate of drug-likeness (QED) is 0.259. The van der Waals surface area contributed by atoms with Crippen LogP contribution < -0.4 is 18.3 Å². The van der Waals surface area contributed by atoms with Crippen LogP contribution in [0.15, 0.2) is 36.4 Å². The molecule has 6 nitrogen and oxygen atoms in total. The lowest BCUT2D eigenvalue weighted by molar-refractivity contribution is -0.0117. The van der Waals surface area contributed by atoms with Crippen molar-refractivity contribution in [3.05, 3.63) is 47.5 Å². The Morgan fingerprint density at radius 2 is 1.02 bits per heavy atom. The maximum absolute atomic E-state index is 12.6. The van der Waals surface area contributed by atoms with E-state index in [1.54, 1.807) is 14.2 Å². The molecule has 2 unspecified atom stereocenters. The van der Waals surface area contributed by atoms with E-state index in [1.807, 2.05) is 50.2 Å². The first kappa shape index (κ1) is 34.2. The summed E-state index contributed by atoms with van der Waals surface area (Å²) < 4.78 is 24.7. The van der Waals surface area contributed by atoms with Crippen molar-refractivity contribution in [3.8, 4) is 23.0 Å². The first-order chi connectivity index (χ1) is 18.2. The number of benzene rings is 2. The van der Waals surface area contributed by atoms with Crippen molar-refractivity contribution in [1.82, 2.24) is 0 Å². The summed E-state index contributed by atoms with van der Waals surface area (Å²) in [5.74, 6) is 1.93. The molecular weight excluding hydrogens is 537 g/mol. The zero-order valence-electron chi connectivity index (χ0n) is 27.4. The van der Waals surface area contributed by atoms with Crippen molar-refractivity contribution >= 4 is 16.6 Å². The maximum Gasteiger partial charge on any atom is 0.250 e. The van der Waals surface area contributed by atoms with Crippen LogP contribution in [0.2, 0.25) is 36.3 Å². The van der Waals surface area contributed by atoms with Gasteiger partial charge in [-0.25, -0.2) is 0 Å². The standard InChI is InChI=1S/C32H54O6Si2/c1-22(21-33)23(2)32(34,24-15-17-26(28(19-24)35-9)37-39(11,12)30(3,4)5)25-16-18-27(29(20-25)36-10)38-40(13,14)31(6,7)8/h15-20,22-23,33-34H,21H2,1-14H3. The minimum Gasteiger partial charge on any atom is -0.541 e. The highest BCUT2D eigenvalue weighted by Gasteiger charge is 2.44. The van der Waals surface area contributed by atoms with Crippen LogP contribution in [0.3, 0.4) is 0 Å². The molecule has 2 aromatic rings. The highest BCUT2D eigenvalue weighted by molar-refractivity contribution is 6.75. The minimum absolute atomic E-state index is 0.0211. The molecule has 0 amide bonds. The Labute approximate surface area is 245 Å². The number of aliphatic hydroxyl groups is 2. The average molecular weight is 591 g/mol. The third-order valence-corrected chi connectivity index (χ3v) is 18.0. The molecule has 40 heavy (non-hydrogen) atoms. The number of rotatable bonds is 11. The Kier molecular flexibility index (Phi) is 10.3. The van der Waals surface area contributed by atoms with Gasteiger partial charge in [0.25, 0.3) is 16.6 Å². The zero-order valence-corrected chi connectivity index (χ0v) is 29.4. The summed E-state index contributed by atoms with van der Waals surface area (Å²) in [6.07, 6.45) is 0. The molecule has 0 aromatic heterocycles. The van der Waals surface area contributed by atoms with E-state index in [0.717, 1.165) is 0 Å². The van der Waals surface area contributed by atoms with E-state index in [4.69, 9.17) is 18.3 Å². The molecule has 2 atom stereocenters. The second-order valence-corrected chi connectivity index (χ2v) is 23.6. The van der Waals surface area contributed by atoms with Crippen molar-refractivity contribution < 1.29 is 28.5 Å². The van der Waals surface area contributed by atoms with Crippen LogP contribution in [0.1, 0.15) is 66.5 Å². The van der Waals surface area contributed by atoms with Crippen molar-refractivity contribution in [2.75, 3.05) is 20.8 Å². The van der Waals surface area contributed by atoms with E-state index in [1.165, 1.54) is 0 Å². The molecule has 0 bridgehead atoms. The molecule has 0 radical (unpaired) electrons. The summed E-state index contributed by atoms with van der Waals surface area (Å²) in [5.41, 5.74) is -0.145. The van der Waals surface area contributed by atoms with Crippen molar-refractivity contribution in [2.45, 2.75) is 97.3 Å². The Hall–Kier alpha value is -2.01. The second kappa shape index (κ2) is 12.1. The number of ether oxygens (including phenoxy) is 2. The van der Waals surface area contributed by atoms with Gasteiger partial charge in [-0.05, 0) is 83.5 Å². The number of hydrogen-bond donors (Lipinski definition) is 2. The first-order valence-corrected chi connectivity index (χ1v) is 20.1. The normalized spacial score (nSPS) is 14.9. The van der Waals surface area contributed by atoms with Crippen molar-refractivity contribution in [3.63, 3.8) is 0 Å². The number of hydrogen-bond acceptors (Lipinski definition) is 6. The van der Waals surface area contributed by atoms with E-state index in [9.17, 15) is 10.2 Å². The van der Waals surface area contributed by atoms with E-state index in [2.05, 4.69) is 67.7 Å². The molecule has 0 spiro atoms. The van der Waals surface area contributed by atoms with Gasteiger partial charge in [0.05, 0.1) is 14.2 Å². The molecule has 2 aromatic carbocycles. The van der Waals surface area contributed by atoms with E-state index in [0.29, 0.717) is 34.1 Å². The second-order valence-electron chi connectivity index (χ2n) is 14.2. The fourth-order valence-electron chi connectivity index (χ4n) is 4.10. The molecule has 2 rings (SSSR count). The first-order valence-electron chi connectivity index (χ1n) is 14.2. The Balaban J connectivity index is 2.71. The highest BCUT2D eigenvalue weighted by Crippen LogP contribution is 2.47. The van der Waals surface area contributed by atoms with Gasteiger partial charge in [-0.2, -0.15) is 0 Å². The van der Waals surface area contributed by atoms with Gasteiger partial charge in [-0.1, -0.05) is 67.5 Å². The highest BCUT2D eigenvalue weighted by atomic mass is 28.4. The lowest BCUT2D eigenvalue weighted by Gasteiger charge is -2.40. The van der Waals surface area contributed by atoms with Gasteiger partial charge in [0.1, 0.15) is 17.1 Å². The maximum atomic E-state index is 12.6. The van der Waals surface area contributed by atoms with Crippen LogP contribution in [0, 0.1) is 11.8 Å². The molecule has 0 saturated carbocycles. The molecule has 8 heteroatoms. The molecule has 0 heterocycles. The molecule has 2 N–H and O–H groups in total. The fraction of sp³-hybridized carbons (Fsp3) is 0.625. The molecular formula is C32H54O6Si2. The summed E-state index contributed by atoms with van der Waals surface area (Å²) in [5, 5.41) is 22.7. The van der Waals surface area contributed by atoms with Crippen LogP contribution in [0.4, 0.5) is 0 Å². The Bertz CT molecular complexity index is 1070. The third-order valence-electron chi connectivity index (χ3n) is 9.35. The summed E-state index contributed by atoms with van der Waals surface area (Å²) in [7, 11) is -1.01. The molecule has 0 aliphatic rings. The van der Waals surface area contributed by atoms with Crippen LogP contribution in [0.5, 0.6) is 23.0 Å². The monoisotopic (exact) mass is 590 g/mol. The Morgan fingerprint density at radius 1 is 0.675 bits per heavy atom. The van der Waals surface area contributed by atoms with E-state index < -0.39 is 22.2 Å². The summed E-state index contributed by atoms with van der Waals surface area (Å²) in [4.78, 5) is 0. The van der Waals surface area contributed by atoms with Gasteiger partial charge in [0.15, 0.2) is 11.5 Å². The minimum atomic E-state index is -2.12. The van der Waals surface area contributed by atoms with Gasteiger partial charge in [-0.3, -0.25) is 0 Å². The average Bonchev–Trinajstić information content (AvgIpc) is 2.85. The third kappa shape index (κ3) is 6.89. The van der Waals surface area contributed by atoms with Crippen LogP contribution in [0.25, 0.3) is 0 Å². The van der Waals surface area contributed by atoms with E-state index in [-0.39, 0.29) is 28.5 Å². The molecule has 0 aliphatic heterocycles. The predicted molar refractivity (Wildman–Crippen MR) is 170 cm³/mol. The van der Waals surface area contributed by atoms with Gasteiger partial charge >= 0.3 is 0 Å². The van der Waals surface area contributed by atoms with Gasteiger partial charge in [-0.15, -0.1) is 0 Å². The van der Waals surface area contributed by atoms with Crippen molar-refractivity contribution in [2.24, 2.45) is 11.8 Å². The van der Waals surface area contributed by atoms with Gasteiger partial charge in [0, 0.05) is 6.61 Å². The van der Waals surface area contributed by atoms with Crippen molar-refractivity contribution in [1.29, 1.82) is 0 Å². The fourth-order valence-corrected chi connectivity index (χ4v) is 6.15. The Morgan fingerprint density at radius 3 is 1.30 bits per heavy atom. The summed E-state index contributed by atoms with van der Waals surface area (Å²) in [6.45, 7) is 25.8. The largest absolute Gasteiger partial charge is 0.541 e. The number of methoxy groups -OCH3 is 2. The van der Waals surface area contributed by atoms with Crippen LogP contribution >= 0.6 is 0 Å². The lowest BCUT2D eigenvalue weighted by atomic mass is 9.72. The van der Waals surface area contributed by atoms with Crippen LogP contribution in [-0.2, 0) is 5.60 Å². The van der Waals surface area contributed by atoms with E-state index >= 15 is 0 Å². The SMILES string of the molecule is COc1cc(C(O)(c2ccc(O[Si](C)(C)C(C)(C)C)c(OC)c2)C(C)C(C)CO)ccc1O[Si](C)(C)C(C)(C)C. The smallest absolute Gasteiger partial charge is 0.250 e. The molecule has 0 saturated heterocycles. The molecule has 226 valence electrons. The zero-order chi connectivity index (χ0) is 30.9. The summed E-state index contributed by atoms with van der Waals surface area (Å²) in [6, 6.07) is 11.3.